The molecule has 0 amide bonds. The first kappa shape index (κ1) is 9.26. The molecule has 0 aromatic carbocycles. The lowest BCUT2D eigenvalue weighted by atomic mass is 9.83. The first-order chi connectivity index (χ1) is 6.83. The molecule has 0 N–H and O–H groups in total. The van der Waals surface area contributed by atoms with Crippen molar-refractivity contribution in [3.8, 4) is 0 Å². The van der Waals surface area contributed by atoms with Crippen molar-refractivity contribution in [3.63, 3.8) is 0 Å². The van der Waals surface area contributed by atoms with Crippen molar-refractivity contribution >= 4 is 17.5 Å². The van der Waals surface area contributed by atoms with Crippen molar-refractivity contribution in [3.05, 3.63) is 0 Å². The molecule has 0 aromatic heterocycles. The van der Waals surface area contributed by atoms with Gasteiger partial charge in [-0.25, -0.2) is 0 Å². The smallest absolute Gasteiger partial charge is 0.137 e. The molecule has 2 aliphatic carbocycles. The molecule has 0 radical (unpaired) electrons. The molecular formula is C12H18OS. The third kappa shape index (κ3) is 1.52. The van der Waals surface area contributed by atoms with Crippen LogP contribution in [0.2, 0.25) is 0 Å². The summed E-state index contributed by atoms with van der Waals surface area (Å²) < 4.78 is 0. The van der Waals surface area contributed by atoms with Crippen molar-refractivity contribution in [1.29, 1.82) is 0 Å². The molecule has 3 unspecified atom stereocenters. The largest absolute Gasteiger partial charge is 0.299 e. The maximum absolute atomic E-state index is 11.8. The zero-order chi connectivity index (χ0) is 9.54. The lowest BCUT2D eigenvalue weighted by Crippen LogP contribution is -2.30. The molecular weight excluding hydrogens is 192 g/mol. The summed E-state index contributed by atoms with van der Waals surface area (Å²) in [5.74, 6) is 5.96. The Kier molecular flexibility index (Phi) is 2.35. The van der Waals surface area contributed by atoms with Crippen LogP contribution in [0.25, 0.3) is 0 Å². The molecule has 2 heteroatoms. The van der Waals surface area contributed by atoms with Crippen LogP contribution in [0.3, 0.4) is 0 Å². The fourth-order valence-electron chi connectivity index (χ4n) is 3.47. The molecule has 3 atom stereocenters. The van der Waals surface area contributed by atoms with Crippen LogP contribution in [0.15, 0.2) is 0 Å². The molecule has 2 saturated carbocycles. The van der Waals surface area contributed by atoms with Crippen LogP contribution in [0, 0.1) is 23.7 Å². The predicted octanol–water partition coefficient (Wildman–Crippen LogP) is 2.74. The van der Waals surface area contributed by atoms with Crippen LogP contribution < -0.4 is 0 Å². The zero-order valence-electron chi connectivity index (χ0n) is 8.58. The van der Waals surface area contributed by atoms with E-state index in [9.17, 15) is 4.79 Å². The van der Waals surface area contributed by atoms with Gasteiger partial charge in [0.05, 0.1) is 0 Å². The van der Waals surface area contributed by atoms with Gasteiger partial charge in [0.15, 0.2) is 0 Å². The fourth-order valence-corrected chi connectivity index (χ4v) is 4.32. The van der Waals surface area contributed by atoms with Crippen LogP contribution in [0.1, 0.15) is 32.1 Å². The molecule has 2 bridgehead atoms. The highest BCUT2D eigenvalue weighted by atomic mass is 32.2. The van der Waals surface area contributed by atoms with Gasteiger partial charge in [0.2, 0.25) is 0 Å². The maximum atomic E-state index is 11.8. The second-order valence-electron chi connectivity index (χ2n) is 5.34. The van der Waals surface area contributed by atoms with E-state index in [1.807, 2.05) is 11.8 Å². The van der Waals surface area contributed by atoms with E-state index in [2.05, 4.69) is 0 Å². The van der Waals surface area contributed by atoms with E-state index >= 15 is 0 Å². The van der Waals surface area contributed by atoms with Gasteiger partial charge in [-0.1, -0.05) is 6.42 Å². The molecule has 1 heterocycles. The number of fused-ring (bicyclic) bond motifs is 2. The minimum atomic E-state index is 0.444. The molecule has 78 valence electrons. The van der Waals surface area contributed by atoms with Crippen LogP contribution in [0.5, 0.6) is 0 Å². The zero-order valence-corrected chi connectivity index (χ0v) is 9.39. The summed E-state index contributed by atoms with van der Waals surface area (Å²) in [6.07, 6.45) is 6.61. The lowest BCUT2D eigenvalue weighted by molar-refractivity contribution is -0.123. The molecule has 3 rings (SSSR count). The second-order valence-corrected chi connectivity index (χ2v) is 6.41. The average molecular weight is 210 g/mol. The number of hydrogen-bond donors (Lipinski definition) is 0. The highest BCUT2D eigenvalue weighted by Crippen LogP contribution is 2.50. The van der Waals surface area contributed by atoms with Gasteiger partial charge in [0.1, 0.15) is 5.78 Å². The Hall–Kier alpha value is 0.0200. The van der Waals surface area contributed by atoms with Crippen molar-refractivity contribution in [2.24, 2.45) is 23.7 Å². The molecule has 1 nitrogen and oxygen atoms in total. The molecule has 0 spiro atoms. The Bertz CT molecular complexity index is 247. The lowest BCUT2D eigenvalue weighted by Gasteiger charge is -2.27. The van der Waals surface area contributed by atoms with Crippen LogP contribution >= 0.6 is 11.8 Å². The third-order valence-electron chi connectivity index (χ3n) is 4.44. The van der Waals surface area contributed by atoms with Crippen LogP contribution in [-0.2, 0) is 4.79 Å². The van der Waals surface area contributed by atoms with Gasteiger partial charge in [-0.3, -0.25) is 4.79 Å². The van der Waals surface area contributed by atoms with E-state index in [-0.39, 0.29) is 0 Å². The monoisotopic (exact) mass is 210 g/mol. The predicted molar refractivity (Wildman–Crippen MR) is 59.4 cm³/mol. The Balaban J connectivity index is 1.54. The molecule has 14 heavy (non-hydrogen) atoms. The first-order valence-corrected chi connectivity index (χ1v) is 7.09. The van der Waals surface area contributed by atoms with Crippen LogP contribution in [-0.4, -0.2) is 17.3 Å². The van der Waals surface area contributed by atoms with Gasteiger partial charge in [-0.05, 0) is 37.0 Å². The summed E-state index contributed by atoms with van der Waals surface area (Å²) in [4.78, 5) is 11.8. The number of ketones is 1. The van der Waals surface area contributed by atoms with Crippen LogP contribution in [0.4, 0.5) is 0 Å². The standard InChI is InChI=1S/C12H18OS/c13-12(11-6-14-7-11)5-10-4-8-1-2-9(10)3-8/h8-11H,1-7H2. The van der Waals surface area contributed by atoms with Crippen molar-refractivity contribution in [2.75, 3.05) is 11.5 Å². The van der Waals surface area contributed by atoms with Gasteiger partial charge in [0.25, 0.3) is 0 Å². The number of Topliss-reactive ketones (excluding diaryl/α,β-unsaturated/α-hetero) is 1. The highest BCUT2D eigenvalue weighted by molar-refractivity contribution is 8.00. The van der Waals surface area contributed by atoms with Crippen molar-refractivity contribution in [2.45, 2.75) is 32.1 Å². The van der Waals surface area contributed by atoms with Gasteiger partial charge in [-0.2, -0.15) is 11.8 Å². The topological polar surface area (TPSA) is 17.1 Å². The fraction of sp³-hybridized carbons (Fsp3) is 0.917. The summed E-state index contributed by atoms with van der Waals surface area (Å²) in [5, 5.41) is 0. The quantitative estimate of drug-likeness (QED) is 0.712. The molecule has 3 fully saturated rings. The SMILES string of the molecule is O=C(CC1CC2CCC1C2)C1CSC1. The Morgan fingerprint density at radius 3 is 2.57 bits per heavy atom. The molecule has 3 aliphatic rings. The van der Waals surface area contributed by atoms with Crippen molar-refractivity contribution in [1.82, 2.24) is 0 Å². The van der Waals surface area contributed by atoms with Gasteiger partial charge in [0, 0.05) is 23.8 Å². The van der Waals surface area contributed by atoms with E-state index in [4.69, 9.17) is 0 Å². The molecule has 1 saturated heterocycles. The van der Waals surface area contributed by atoms with E-state index in [0.717, 1.165) is 35.7 Å². The van der Waals surface area contributed by atoms with Gasteiger partial charge >= 0.3 is 0 Å². The number of carbonyl (C=O) groups is 1. The second kappa shape index (κ2) is 3.55. The summed E-state index contributed by atoms with van der Waals surface area (Å²) in [6, 6.07) is 0. The third-order valence-corrected chi connectivity index (χ3v) is 5.72. The minimum Gasteiger partial charge on any atom is -0.299 e. The van der Waals surface area contributed by atoms with Gasteiger partial charge in [-0.15, -0.1) is 0 Å². The van der Waals surface area contributed by atoms with Crippen molar-refractivity contribution < 1.29 is 4.79 Å². The number of rotatable bonds is 3. The molecule has 1 aliphatic heterocycles. The number of carbonyl (C=O) groups excluding carboxylic acids is 1. The van der Waals surface area contributed by atoms with E-state index in [0.29, 0.717) is 11.7 Å². The van der Waals surface area contributed by atoms with E-state index in [1.54, 1.807) is 0 Å². The Morgan fingerprint density at radius 1 is 1.21 bits per heavy atom. The highest BCUT2D eigenvalue weighted by Gasteiger charge is 2.41. The van der Waals surface area contributed by atoms with E-state index < -0.39 is 0 Å². The summed E-state index contributed by atoms with van der Waals surface area (Å²) >= 11 is 1.93. The summed E-state index contributed by atoms with van der Waals surface area (Å²) in [7, 11) is 0. The number of thioether (sulfide) groups is 1. The first-order valence-electron chi connectivity index (χ1n) is 5.93. The van der Waals surface area contributed by atoms with Gasteiger partial charge < -0.3 is 0 Å². The molecule has 0 aromatic rings. The Labute approximate surface area is 90.0 Å². The Morgan fingerprint density at radius 2 is 2.07 bits per heavy atom. The summed E-state index contributed by atoms with van der Waals surface area (Å²) in [5.41, 5.74) is 0. The van der Waals surface area contributed by atoms with E-state index in [1.165, 1.54) is 25.7 Å². The average Bonchev–Trinajstić information content (AvgIpc) is 2.60. The number of hydrogen-bond acceptors (Lipinski definition) is 2. The maximum Gasteiger partial charge on any atom is 0.137 e. The summed E-state index contributed by atoms with van der Waals surface area (Å²) in [6.45, 7) is 0. The normalized spacial score (nSPS) is 41.3. The minimum absolute atomic E-state index is 0.444.